The largest absolute Gasteiger partial charge is 0.356 e. The van der Waals surface area contributed by atoms with E-state index in [-0.39, 0.29) is 23.7 Å². The van der Waals surface area contributed by atoms with Crippen LogP contribution < -0.4 is 10.2 Å². The molecule has 1 aromatic rings. The van der Waals surface area contributed by atoms with Crippen LogP contribution in [0, 0.1) is 18.8 Å². The summed E-state index contributed by atoms with van der Waals surface area (Å²) in [5.74, 6) is 0.448. The molecule has 0 saturated heterocycles. The molecule has 2 rings (SSSR count). The number of anilines is 1. The smallest absolute Gasteiger partial charge is 0.230 e. The lowest BCUT2D eigenvalue weighted by atomic mass is 9.80. The normalized spacial score (nSPS) is 19.7. The summed E-state index contributed by atoms with van der Waals surface area (Å²) in [7, 11) is 4.08. The van der Waals surface area contributed by atoms with E-state index < -0.39 is 0 Å². The second kappa shape index (κ2) is 10.5. The van der Waals surface area contributed by atoms with Gasteiger partial charge in [0.1, 0.15) is 0 Å². The Morgan fingerprint density at radius 1 is 1.11 bits per heavy atom. The highest BCUT2D eigenvalue weighted by Gasteiger charge is 2.32. The summed E-state index contributed by atoms with van der Waals surface area (Å²) in [4.78, 5) is 29.4. The molecule has 0 unspecified atom stereocenters. The molecule has 0 spiro atoms. The van der Waals surface area contributed by atoms with Crippen LogP contribution in [-0.2, 0) is 9.59 Å². The first-order valence-corrected chi connectivity index (χ1v) is 10.2. The van der Waals surface area contributed by atoms with Crippen LogP contribution >= 0.6 is 0 Å². The number of nitrogens with one attached hydrogen (secondary N) is 1. The van der Waals surface area contributed by atoms with Gasteiger partial charge < -0.3 is 15.1 Å². The van der Waals surface area contributed by atoms with Gasteiger partial charge in [0.15, 0.2) is 0 Å². The van der Waals surface area contributed by atoms with Gasteiger partial charge in [0.25, 0.3) is 0 Å². The third kappa shape index (κ3) is 6.35. The van der Waals surface area contributed by atoms with Crippen molar-refractivity contribution in [1.82, 2.24) is 10.2 Å². The summed E-state index contributed by atoms with van der Waals surface area (Å²) < 4.78 is 0. The first-order chi connectivity index (χ1) is 12.9. The van der Waals surface area contributed by atoms with E-state index >= 15 is 0 Å². The van der Waals surface area contributed by atoms with Crippen LogP contribution in [0.2, 0.25) is 0 Å². The Balaban J connectivity index is 1.83. The van der Waals surface area contributed by atoms with E-state index in [9.17, 15) is 9.59 Å². The molecule has 1 saturated carbocycles. The first-order valence-electron chi connectivity index (χ1n) is 10.2. The van der Waals surface area contributed by atoms with E-state index in [1.807, 2.05) is 51.0 Å². The van der Waals surface area contributed by atoms with Crippen LogP contribution in [0.4, 0.5) is 5.69 Å². The number of nitrogens with zero attached hydrogens (tertiary/aromatic N) is 2. The molecule has 1 aliphatic carbocycles. The van der Waals surface area contributed by atoms with Crippen molar-refractivity contribution in [1.29, 1.82) is 0 Å². The molecule has 2 amide bonds. The van der Waals surface area contributed by atoms with Crippen LogP contribution in [0.25, 0.3) is 0 Å². The summed E-state index contributed by atoms with van der Waals surface area (Å²) in [6.07, 6.45) is 4.19. The van der Waals surface area contributed by atoms with Gasteiger partial charge in [0, 0.05) is 30.6 Å². The second-order valence-electron chi connectivity index (χ2n) is 7.92. The van der Waals surface area contributed by atoms with Crippen LogP contribution in [-0.4, -0.2) is 50.4 Å². The summed E-state index contributed by atoms with van der Waals surface area (Å²) in [5.41, 5.74) is 2.14. The van der Waals surface area contributed by atoms with Crippen molar-refractivity contribution in [2.75, 3.05) is 38.6 Å². The number of aryl methyl sites for hydroxylation is 1. The van der Waals surface area contributed by atoms with Gasteiger partial charge in [-0.3, -0.25) is 9.59 Å². The van der Waals surface area contributed by atoms with Crippen molar-refractivity contribution in [3.05, 3.63) is 29.8 Å². The quantitative estimate of drug-likeness (QED) is 0.712. The fourth-order valence-corrected chi connectivity index (χ4v) is 3.84. The van der Waals surface area contributed by atoms with Crippen LogP contribution in [0.15, 0.2) is 24.3 Å². The molecule has 1 aromatic carbocycles. The lowest BCUT2D eigenvalue weighted by Gasteiger charge is -2.31. The minimum atomic E-state index is 0.0308. The lowest BCUT2D eigenvalue weighted by Crippen LogP contribution is -2.40. The summed E-state index contributed by atoms with van der Waals surface area (Å²) in [6.45, 7) is 6.45. The third-order valence-electron chi connectivity index (χ3n) is 5.42. The summed E-state index contributed by atoms with van der Waals surface area (Å²) in [6, 6.07) is 8.11. The molecule has 0 bridgehead atoms. The first kappa shape index (κ1) is 21.4. The fraction of sp³-hybridized carbons (Fsp3) is 0.636. The third-order valence-corrected chi connectivity index (χ3v) is 5.42. The van der Waals surface area contributed by atoms with Crippen molar-refractivity contribution in [3.63, 3.8) is 0 Å². The number of hydrogen-bond donors (Lipinski definition) is 1. The lowest BCUT2D eigenvalue weighted by molar-refractivity contribution is -0.129. The van der Waals surface area contributed by atoms with E-state index in [0.717, 1.165) is 56.4 Å². The molecule has 0 radical (unpaired) electrons. The highest BCUT2D eigenvalue weighted by Crippen LogP contribution is 2.31. The zero-order valence-electron chi connectivity index (χ0n) is 17.3. The monoisotopic (exact) mass is 373 g/mol. The molecule has 5 nitrogen and oxygen atoms in total. The number of carbonyl (C=O) groups is 2. The Kier molecular flexibility index (Phi) is 8.29. The van der Waals surface area contributed by atoms with Crippen molar-refractivity contribution in [2.45, 2.75) is 46.0 Å². The van der Waals surface area contributed by atoms with Gasteiger partial charge in [-0.1, -0.05) is 12.1 Å². The predicted octanol–water partition coefficient (Wildman–Crippen LogP) is 3.22. The molecule has 0 atom stereocenters. The van der Waals surface area contributed by atoms with Crippen molar-refractivity contribution < 1.29 is 9.59 Å². The number of carbonyl (C=O) groups excluding carboxylic acids is 2. The molecular formula is C22H35N3O2. The topological polar surface area (TPSA) is 52.7 Å². The highest BCUT2D eigenvalue weighted by molar-refractivity contribution is 5.95. The molecule has 27 heavy (non-hydrogen) atoms. The summed E-state index contributed by atoms with van der Waals surface area (Å²) in [5, 5.41) is 3.06. The van der Waals surface area contributed by atoms with Gasteiger partial charge in [-0.2, -0.15) is 0 Å². The fourth-order valence-electron chi connectivity index (χ4n) is 3.84. The van der Waals surface area contributed by atoms with E-state index in [1.54, 1.807) is 0 Å². The Morgan fingerprint density at radius 2 is 1.78 bits per heavy atom. The maximum atomic E-state index is 13.0. The zero-order chi connectivity index (χ0) is 19.8. The zero-order valence-corrected chi connectivity index (χ0v) is 17.3. The molecule has 1 fully saturated rings. The van der Waals surface area contributed by atoms with Crippen molar-refractivity contribution >= 4 is 17.5 Å². The maximum absolute atomic E-state index is 13.0. The minimum Gasteiger partial charge on any atom is -0.356 e. The second-order valence-corrected chi connectivity index (χ2v) is 7.92. The van der Waals surface area contributed by atoms with Gasteiger partial charge in [0.2, 0.25) is 11.8 Å². The molecule has 0 heterocycles. The van der Waals surface area contributed by atoms with E-state index in [2.05, 4.69) is 16.3 Å². The number of rotatable bonds is 8. The van der Waals surface area contributed by atoms with Crippen molar-refractivity contribution in [2.24, 2.45) is 11.8 Å². The number of benzene rings is 1. The number of amides is 2. The SMILES string of the molecule is CCN(C(=O)C1CCC(C(=O)NCCCN(C)C)CC1)c1cccc(C)c1. The highest BCUT2D eigenvalue weighted by atomic mass is 16.2. The van der Waals surface area contributed by atoms with E-state index in [0.29, 0.717) is 6.54 Å². The molecular weight excluding hydrogens is 338 g/mol. The Morgan fingerprint density at radius 3 is 2.37 bits per heavy atom. The predicted molar refractivity (Wildman–Crippen MR) is 111 cm³/mol. The van der Waals surface area contributed by atoms with E-state index in [1.165, 1.54) is 0 Å². The van der Waals surface area contributed by atoms with Crippen LogP contribution in [0.3, 0.4) is 0 Å². The standard InChI is InChI=1S/C22H35N3O2/c1-5-25(20-9-6-8-17(2)16-20)22(27)19-12-10-18(11-13-19)21(26)23-14-7-15-24(3)4/h6,8-9,16,18-19H,5,7,10-15H2,1-4H3,(H,23,26). The van der Waals surface area contributed by atoms with Gasteiger partial charge in [0.05, 0.1) is 0 Å². The van der Waals surface area contributed by atoms with Crippen LogP contribution in [0.5, 0.6) is 0 Å². The Bertz CT molecular complexity index is 622. The average Bonchev–Trinajstić information content (AvgIpc) is 2.65. The minimum absolute atomic E-state index is 0.0308. The Labute approximate surface area is 164 Å². The molecule has 5 heteroatoms. The summed E-state index contributed by atoms with van der Waals surface area (Å²) >= 11 is 0. The molecule has 0 aromatic heterocycles. The maximum Gasteiger partial charge on any atom is 0.230 e. The van der Waals surface area contributed by atoms with Gasteiger partial charge in [-0.05, 0) is 84.3 Å². The molecule has 0 aliphatic heterocycles. The Hall–Kier alpha value is -1.88. The van der Waals surface area contributed by atoms with Gasteiger partial charge in [-0.15, -0.1) is 0 Å². The van der Waals surface area contributed by atoms with Crippen LogP contribution in [0.1, 0.15) is 44.6 Å². The average molecular weight is 374 g/mol. The molecule has 1 N–H and O–H groups in total. The number of hydrogen-bond acceptors (Lipinski definition) is 3. The molecule has 1 aliphatic rings. The molecule has 150 valence electrons. The van der Waals surface area contributed by atoms with Crippen molar-refractivity contribution in [3.8, 4) is 0 Å². The van der Waals surface area contributed by atoms with Gasteiger partial charge >= 0.3 is 0 Å². The van der Waals surface area contributed by atoms with E-state index in [4.69, 9.17) is 0 Å². The van der Waals surface area contributed by atoms with Gasteiger partial charge in [-0.25, -0.2) is 0 Å².